The van der Waals surface area contributed by atoms with Crippen molar-refractivity contribution in [3.05, 3.63) is 47.2 Å². The summed E-state index contributed by atoms with van der Waals surface area (Å²) in [6.45, 7) is 4.00. The molecule has 102 valence electrons. The quantitative estimate of drug-likeness (QED) is 0.734. The summed E-state index contributed by atoms with van der Waals surface area (Å²) >= 11 is 3.47. The fourth-order valence-electron chi connectivity index (χ4n) is 2.03. The van der Waals surface area contributed by atoms with Crippen molar-refractivity contribution in [1.29, 1.82) is 0 Å². The van der Waals surface area contributed by atoms with Crippen LogP contribution in [-0.2, 0) is 0 Å². The Balaban J connectivity index is 2.24. The maximum Gasteiger partial charge on any atom is 0.178 e. The molecule has 5 heteroatoms. The third-order valence-corrected chi connectivity index (χ3v) is 3.30. The lowest BCUT2D eigenvalue weighted by atomic mass is 10.3. The summed E-state index contributed by atoms with van der Waals surface area (Å²) in [6.07, 6.45) is 3.60. The van der Waals surface area contributed by atoms with E-state index < -0.39 is 0 Å². The van der Waals surface area contributed by atoms with Crippen LogP contribution in [0.2, 0.25) is 0 Å². The van der Waals surface area contributed by atoms with E-state index in [9.17, 15) is 0 Å². The van der Waals surface area contributed by atoms with Crippen LogP contribution in [0.1, 0.15) is 13.8 Å². The minimum Gasteiger partial charge on any atom is -0.409 e. The molecule has 0 unspecified atom stereocenters. The smallest absolute Gasteiger partial charge is 0.178 e. The first kappa shape index (κ1) is 13.1. The number of hydrogen-bond donors (Lipinski definition) is 0. The van der Waals surface area contributed by atoms with Gasteiger partial charge >= 0.3 is 0 Å². The van der Waals surface area contributed by atoms with Crippen molar-refractivity contribution >= 4 is 27.0 Å². The molecule has 0 aliphatic rings. The van der Waals surface area contributed by atoms with Crippen molar-refractivity contribution in [3.63, 3.8) is 0 Å². The molecule has 3 aromatic rings. The highest BCUT2D eigenvalue weighted by Gasteiger charge is 2.15. The molecule has 0 spiro atoms. The first-order chi connectivity index (χ1) is 9.65. The van der Waals surface area contributed by atoms with Crippen LogP contribution in [-0.4, -0.2) is 20.8 Å². The van der Waals surface area contributed by atoms with Crippen LogP contribution in [0.5, 0.6) is 0 Å². The number of hydrogen-bond acceptors (Lipinski definition) is 3. The lowest BCUT2D eigenvalue weighted by molar-refractivity contribution is 0.0707. The van der Waals surface area contributed by atoms with Crippen LogP contribution in [0, 0.1) is 0 Å². The average molecular weight is 332 g/mol. The lowest BCUT2D eigenvalue weighted by Crippen LogP contribution is -2.19. The topological polar surface area (TPSA) is 39.9 Å². The van der Waals surface area contributed by atoms with Crippen molar-refractivity contribution in [3.8, 4) is 11.4 Å². The molecule has 0 aliphatic carbocycles. The standard InChI is InChI=1S/C15H14BrN3O/c1-10(2)20-19-14-6-5-12(16)8-13(14)18-15(19)11-4-3-7-17-9-11/h3-10H,1-2H3. The Bertz CT molecular complexity index is 737. The van der Waals surface area contributed by atoms with E-state index in [1.165, 1.54) is 0 Å². The number of imidazole rings is 1. The Hall–Kier alpha value is -1.88. The fraction of sp³-hybridized carbons (Fsp3) is 0.200. The minimum absolute atomic E-state index is 0.0615. The van der Waals surface area contributed by atoms with E-state index in [-0.39, 0.29) is 6.10 Å². The zero-order valence-electron chi connectivity index (χ0n) is 11.2. The van der Waals surface area contributed by atoms with E-state index >= 15 is 0 Å². The molecule has 0 amide bonds. The molecule has 0 saturated heterocycles. The van der Waals surface area contributed by atoms with Crippen LogP contribution < -0.4 is 4.84 Å². The van der Waals surface area contributed by atoms with Crippen molar-refractivity contribution in [1.82, 2.24) is 14.7 Å². The molecule has 0 aliphatic heterocycles. The second-order valence-electron chi connectivity index (χ2n) is 4.76. The summed E-state index contributed by atoms with van der Waals surface area (Å²) < 4.78 is 2.78. The summed E-state index contributed by atoms with van der Waals surface area (Å²) in [5.41, 5.74) is 2.76. The third kappa shape index (κ3) is 2.41. The molecule has 0 N–H and O–H groups in total. The summed E-state index contributed by atoms with van der Waals surface area (Å²) in [5, 5.41) is 0. The number of fused-ring (bicyclic) bond motifs is 1. The molecule has 0 fully saturated rings. The molecule has 0 atom stereocenters. The molecule has 0 saturated carbocycles. The molecule has 2 aromatic heterocycles. The molecule has 2 heterocycles. The second kappa shape index (κ2) is 5.25. The summed E-state index contributed by atoms with van der Waals surface area (Å²) in [7, 11) is 0. The van der Waals surface area contributed by atoms with Gasteiger partial charge in [0.25, 0.3) is 0 Å². The van der Waals surface area contributed by atoms with Gasteiger partial charge in [-0.15, -0.1) is 0 Å². The van der Waals surface area contributed by atoms with Gasteiger partial charge in [-0.05, 0) is 44.2 Å². The van der Waals surface area contributed by atoms with E-state index in [1.54, 1.807) is 17.1 Å². The van der Waals surface area contributed by atoms with Gasteiger partial charge in [0.05, 0.1) is 5.52 Å². The van der Waals surface area contributed by atoms with Gasteiger partial charge in [-0.2, -0.15) is 4.73 Å². The number of aromatic nitrogens is 3. The Labute approximate surface area is 125 Å². The summed E-state index contributed by atoms with van der Waals surface area (Å²) in [4.78, 5) is 14.7. The van der Waals surface area contributed by atoms with Crippen LogP contribution >= 0.6 is 15.9 Å². The second-order valence-corrected chi connectivity index (χ2v) is 5.67. The molecule has 20 heavy (non-hydrogen) atoms. The largest absolute Gasteiger partial charge is 0.409 e. The zero-order valence-corrected chi connectivity index (χ0v) is 12.8. The van der Waals surface area contributed by atoms with Crippen molar-refractivity contribution < 1.29 is 4.84 Å². The summed E-state index contributed by atoms with van der Waals surface area (Å²) in [5.74, 6) is 0.764. The first-order valence-corrected chi connectivity index (χ1v) is 7.20. The Morgan fingerprint density at radius 2 is 2.10 bits per heavy atom. The maximum absolute atomic E-state index is 5.90. The normalized spacial score (nSPS) is 11.2. The molecule has 4 nitrogen and oxygen atoms in total. The van der Waals surface area contributed by atoms with Crippen molar-refractivity contribution in [2.45, 2.75) is 20.0 Å². The summed E-state index contributed by atoms with van der Waals surface area (Å²) in [6, 6.07) is 9.83. The van der Waals surface area contributed by atoms with Crippen LogP contribution in [0.4, 0.5) is 0 Å². The van der Waals surface area contributed by atoms with Gasteiger partial charge in [-0.1, -0.05) is 15.9 Å². The molecule has 0 radical (unpaired) electrons. The molecule has 0 bridgehead atoms. The molecular weight excluding hydrogens is 318 g/mol. The van der Waals surface area contributed by atoms with Crippen molar-refractivity contribution in [2.24, 2.45) is 0 Å². The van der Waals surface area contributed by atoms with Gasteiger partial charge in [0.1, 0.15) is 11.6 Å². The van der Waals surface area contributed by atoms with Gasteiger partial charge in [0.2, 0.25) is 0 Å². The highest BCUT2D eigenvalue weighted by atomic mass is 79.9. The molecular formula is C15H14BrN3O. The van der Waals surface area contributed by atoms with E-state index in [4.69, 9.17) is 4.84 Å². The monoisotopic (exact) mass is 331 g/mol. The lowest BCUT2D eigenvalue weighted by Gasteiger charge is -2.13. The number of halogens is 1. The predicted octanol–water partition coefficient (Wildman–Crippen LogP) is 3.70. The van der Waals surface area contributed by atoms with Crippen LogP contribution in [0.3, 0.4) is 0 Å². The minimum atomic E-state index is 0.0615. The van der Waals surface area contributed by atoms with Gasteiger partial charge in [-0.25, -0.2) is 4.98 Å². The van der Waals surface area contributed by atoms with E-state index in [2.05, 4.69) is 25.9 Å². The number of benzene rings is 1. The number of rotatable bonds is 3. The van der Waals surface area contributed by atoms with E-state index in [1.807, 2.05) is 44.2 Å². The van der Waals surface area contributed by atoms with E-state index in [0.717, 1.165) is 26.9 Å². The highest BCUT2D eigenvalue weighted by molar-refractivity contribution is 9.10. The van der Waals surface area contributed by atoms with Gasteiger partial charge in [0.15, 0.2) is 5.82 Å². The van der Waals surface area contributed by atoms with Crippen LogP contribution in [0.15, 0.2) is 47.2 Å². The first-order valence-electron chi connectivity index (χ1n) is 6.40. The van der Waals surface area contributed by atoms with Gasteiger partial charge in [0, 0.05) is 22.4 Å². The Kier molecular flexibility index (Phi) is 3.44. The number of nitrogens with zero attached hydrogens (tertiary/aromatic N) is 3. The Morgan fingerprint density at radius 3 is 2.80 bits per heavy atom. The third-order valence-electron chi connectivity index (χ3n) is 2.81. The highest BCUT2D eigenvalue weighted by Crippen LogP contribution is 2.25. The predicted molar refractivity (Wildman–Crippen MR) is 82.4 cm³/mol. The van der Waals surface area contributed by atoms with Gasteiger partial charge in [-0.3, -0.25) is 4.98 Å². The van der Waals surface area contributed by atoms with Gasteiger partial charge < -0.3 is 4.84 Å². The zero-order chi connectivity index (χ0) is 14.1. The van der Waals surface area contributed by atoms with E-state index in [0.29, 0.717) is 0 Å². The van der Waals surface area contributed by atoms with Crippen molar-refractivity contribution in [2.75, 3.05) is 0 Å². The fourth-order valence-corrected chi connectivity index (χ4v) is 2.37. The average Bonchev–Trinajstić information content (AvgIpc) is 2.77. The number of pyridine rings is 1. The Morgan fingerprint density at radius 1 is 1.25 bits per heavy atom. The molecule has 1 aromatic carbocycles. The van der Waals surface area contributed by atoms with Crippen LogP contribution in [0.25, 0.3) is 22.4 Å². The SMILES string of the molecule is CC(C)On1c(-c2cccnc2)nc2cc(Br)ccc21. The maximum atomic E-state index is 5.90. The molecule has 3 rings (SSSR count).